The van der Waals surface area contributed by atoms with Crippen molar-refractivity contribution in [3.05, 3.63) is 46.7 Å². The molecule has 2 heterocycles. The summed E-state index contributed by atoms with van der Waals surface area (Å²) in [6.07, 6.45) is 1.79. The Morgan fingerprint density at radius 1 is 1.07 bits per heavy atom. The smallest absolute Gasteiger partial charge is 0.114 e. The Balaban J connectivity index is 2.61. The fourth-order valence-corrected chi connectivity index (χ4v) is 2.12. The highest BCUT2D eigenvalue weighted by Crippen LogP contribution is 2.23. The second-order valence-corrected chi connectivity index (χ2v) is 4.13. The van der Waals surface area contributed by atoms with Crippen LogP contribution in [0.25, 0.3) is 16.6 Å². The van der Waals surface area contributed by atoms with Crippen LogP contribution in [0.3, 0.4) is 0 Å². The van der Waals surface area contributed by atoms with Crippen molar-refractivity contribution in [3.8, 4) is 0 Å². The van der Waals surface area contributed by atoms with Crippen molar-refractivity contribution in [3.63, 3.8) is 0 Å². The van der Waals surface area contributed by atoms with Gasteiger partial charge in [-0.1, -0.05) is 23.2 Å². The van der Waals surface area contributed by atoms with Crippen molar-refractivity contribution in [2.75, 3.05) is 0 Å². The van der Waals surface area contributed by atoms with Gasteiger partial charge < -0.3 is 0 Å². The number of aromatic nitrogens is 2. The molecule has 1 aromatic carbocycles. The van der Waals surface area contributed by atoms with Gasteiger partial charge in [0.25, 0.3) is 0 Å². The van der Waals surface area contributed by atoms with Crippen LogP contribution in [-0.2, 0) is 0 Å². The van der Waals surface area contributed by atoms with Crippen LogP contribution in [0.5, 0.6) is 0 Å². The normalized spacial score (nSPS) is 11.3. The summed E-state index contributed by atoms with van der Waals surface area (Å²) >= 11 is 12.1. The fourth-order valence-electron chi connectivity index (χ4n) is 1.70. The average molecular weight is 237 g/mol. The van der Waals surface area contributed by atoms with E-state index in [1.807, 2.05) is 34.7 Å². The minimum Gasteiger partial charge on any atom is -0.297 e. The molecule has 74 valence electrons. The first-order chi connectivity index (χ1) is 7.25. The Hall–Kier alpha value is -1.25. The number of halogens is 2. The SMILES string of the molecule is Clc1ccc2ncc3ccc(Cl)n3c2c1. The minimum atomic E-state index is 0.666. The van der Waals surface area contributed by atoms with Gasteiger partial charge in [0.2, 0.25) is 0 Å². The van der Waals surface area contributed by atoms with Gasteiger partial charge in [-0.15, -0.1) is 0 Å². The van der Waals surface area contributed by atoms with Gasteiger partial charge in [0, 0.05) is 5.02 Å². The summed E-state index contributed by atoms with van der Waals surface area (Å²) < 4.78 is 1.93. The Kier molecular flexibility index (Phi) is 1.87. The summed E-state index contributed by atoms with van der Waals surface area (Å²) in [7, 11) is 0. The summed E-state index contributed by atoms with van der Waals surface area (Å²) in [6, 6.07) is 9.34. The molecule has 0 fully saturated rings. The fraction of sp³-hybridized carbons (Fsp3) is 0. The molecule has 0 saturated carbocycles. The highest BCUT2D eigenvalue weighted by Gasteiger charge is 2.04. The molecule has 0 unspecified atom stereocenters. The summed E-state index contributed by atoms with van der Waals surface area (Å²) in [5.74, 6) is 0. The predicted octanol–water partition coefficient (Wildman–Crippen LogP) is 3.79. The van der Waals surface area contributed by atoms with Crippen molar-refractivity contribution in [1.82, 2.24) is 9.38 Å². The lowest BCUT2D eigenvalue weighted by molar-refractivity contribution is 1.23. The molecule has 0 spiro atoms. The van der Waals surface area contributed by atoms with Gasteiger partial charge >= 0.3 is 0 Å². The lowest BCUT2D eigenvalue weighted by Crippen LogP contribution is -1.90. The maximum Gasteiger partial charge on any atom is 0.114 e. The first kappa shape index (κ1) is 9.01. The molecule has 3 rings (SSSR count). The molecule has 2 aromatic heterocycles. The Morgan fingerprint density at radius 2 is 1.93 bits per heavy atom. The molecule has 2 nitrogen and oxygen atoms in total. The van der Waals surface area contributed by atoms with Crippen LogP contribution in [-0.4, -0.2) is 9.38 Å². The van der Waals surface area contributed by atoms with Gasteiger partial charge in [-0.3, -0.25) is 9.38 Å². The van der Waals surface area contributed by atoms with E-state index in [0.717, 1.165) is 16.6 Å². The van der Waals surface area contributed by atoms with Gasteiger partial charge in [0.15, 0.2) is 0 Å². The lowest BCUT2D eigenvalue weighted by atomic mass is 10.3. The van der Waals surface area contributed by atoms with Gasteiger partial charge in [0.05, 0.1) is 22.7 Å². The first-order valence-electron chi connectivity index (χ1n) is 4.47. The van der Waals surface area contributed by atoms with Crippen molar-refractivity contribution in [2.24, 2.45) is 0 Å². The number of benzene rings is 1. The monoisotopic (exact) mass is 236 g/mol. The molecule has 3 aromatic rings. The summed E-state index contributed by atoms with van der Waals surface area (Å²) in [4.78, 5) is 4.33. The molecule has 0 bridgehead atoms. The zero-order valence-electron chi connectivity index (χ0n) is 7.61. The van der Waals surface area contributed by atoms with Crippen molar-refractivity contribution >= 4 is 39.8 Å². The highest BCUT2D eigenvalue weighted by atomic mass is 35.5. The summed E-state index contributed by atoms with van der Waals surface area (Å²) in [6.45, 7) is 0. The van der Waals surface area contributed by atoms with Gasteiger partial charge in [-0.2, -0.15) is 0 Å². The number of hydrogen-bond donors (Lipinski definition) is 0. The van der Waals surface area contributed by atoms with Gasteiger partial charge in [-0.05, 0) is 30.3 Å². The third kappa shape index (κ3) is 1.29. The Bertz CT molecular complexity index is 658. The first-order valence-corrected chi connectivity index (χ1v) is 5.22. The summed E-state index contributed by atoms with van der Waals surface area (Å²) in [5.41, 5.74) is 2.77. The average Bonchev–Trinajstić information content (AvgIpc) is 2.60. The van der Waals surface area contributed by atoms with Crippen molar-refractivity contribution < 1.29 is 0 Å². The zero-order chi connectivity index (χ0) is 10.4. The number of fused-ring (bicyclic) bond motifs is 3. The van der Waals surface area contributed by atoms with Gasteiger partial charge in [0.1, 0.15) is 5.15 Å². The van der Waals surface area contributed by atoms with Crippen LogP contribution in [0.15, 0.2) is 36.5 Å². The van der Waals surface area contributed by atoms with Crippen LogP contribution in [0.2, 0.25) is 10.2 Å². The van der Waals surface area contributed by atoms with Crippen LogP contribution in [0, 0.1) is 0 Å². The van der Waals surface area contributed by atoms with E-state index in [-0.39, 0.29) is 0 Å². The van der Waals surface area contributed by atoms with E-state index in [0.29, 0.717) is 10.2 Å². The molecule has 0 amide bonds. The number of nitrogens with zero attached hydrogens (tertiary/aromatic N) is 2. The zero-order valence-corrected chi connectivity index (χ0v) is 9.13. The van der Waals surface area contributed by atoms with E-state index in [9.17, 15) is 0 Å². The molecule has 4 heteroatoms. The Labute approximate surface area is 96.1 Å². The highest BCUT2D eigenvalue weighted by molar-refractivity contribution is 6.31. The molecule has 0 aliphatic heterocycles. The molecular formula is C11H6Cl2N2. The quantitative estimate of drug-likeness (QED) is 0.581. The van der Waals surface area contributed by atoms with Gasteiger partial charge in [-0.25, -0.2) is 0 Å². The van der Waals surface area contributed by atoms with E-state index in [1.165, 1.54) is 0 Å². The standard InChI is InChI=1S/C11H6Cl2N2/c12-7-1-3-9-10(5-7)15-8(6-14-9)2-4-11(15)13/h1-6H. The minimum absolute atomic E-state index is 0.666. The van der Waals surface area contributed by atoms with E-state index >= 15 is 0 Å². The number of rotatable bonds is 0. The topological polar surface area (TPSA) is 17.3 Å². The lowest BCUT2D eigenvalue weighted by Gasteiger charge is -2.03. The molecule has 0 aliphatic rings. The third-order valence-electron chi connectivity index (χ3n) is 2.38. The molecular weight excluding hydrogens is 231 g/mol. The molecule has 0 radical (unpaired) electrons. The number of hydrogen-bond acceptors (Lipinski definition) is 1. The molecule has 0 aliphatic carbocycles. The van der Waals surface area contributed by atoms with E-state index < -0.39 is 0 Å². The van der Waals surface area contributed by atoms with Crippen molar-refractivity contribution in [1.29, 1.82) is 0 Å². The largest absolute Gasteiger partial charge is 0.297 e. The van der Waals surface area contributed by atoms with E-state index in [4.69, 9.17) is 23.2 Å². The molecule has 0 N–H and O–H groups in total. The van der Waals surface area contributed by atoms with Crippen LogP contribution >= 0.6 is 23.2 Å². The summed E-state index contributed by atoms with van der Waals surface area (Å²) in [5, 5.41) is 1.35. The van der Waals surface area contributed by atoms with E-state index in [1.54, 1.807) is 6.20 Å². The second kappa shape index (κ2) is 3.12. The maximum atomic E-state index is 6.10. The van der Waals surface area contributed by atoms with Crippen LogP contribution in [0.1, 0.15) is 0 Å². The van der Waals surface area contributed by atoms with Crippen molar-refractivity contribution in [2.45, 2.75) is 0 Å². The van der Waals surface area contributed by atoms with Crippen LogP contribution in [0.4, 0.5) is 0 Å². The third-order valence-corrected chi connectivity index (χ3v) is 2.91. The molecule has 15 heavy (non-hydrogen) atoms. The maximum absolute atomic E-state index is 6.10. The Morgan fingerprint density at radius 3 is 2.80 bits per heavy atom. The van der Waals surface area contributed by atoms with E-state index in [2.05, 4.69) is 4.98 Å². The second-order valence-electron chi connectivity index (χ2n) is 3.31. The molecule has 0 atom stereocenters. The predicted molar refractivity (Wildman–Crippen MR) is 62.7 cm³/mol. The molecule has 0 saturated heterocycles. The van der Waals surface area contributed by atoms with Crippen LogP contribution < -0.4 is 0 Å².